The molecule has 0 spiro atoms. The van der Waals surface area contributed by atoms with E-state index >= 15 is 0 Å². The van der Waals surface area contributed by atoms with Gasteiger partial charge < -0.3 is 5.73 Å². The number of nitrogens with zero attached hydrogens (tertiary/aromatic N) is 1. The van der Waals surface area contributed by atoms with Gasteiger partial charge in [0.15, 0.2) is 0 Å². The lowest BCUT2D eigenvalue weighted by Gasteiger charge is -2.29. The molecule has 0 saturated carbocycles. The summed E-state index contributed by atoms with van der Waals surface area (Å²) in [7, 11) is 0. The smallest absolute Gasteiger partial charge is 0.124 e. The second-order valence-electron chi connectivity index (χ2n) is 5.65. The van der Waals surface area contributed by atoms with Gasteiger partial charge in [-0.15, -0.1) is 0 Å². The Labute approximate surface area is 129 Å². The van der Waals surface area contributed by atoms with Crippen molar-refractivity contribution in [3.8, 4) is 0 Å². The van der Waals surface area contributed by atoms with Gasteiger partial charge in [0.25, 0.3) is 0 Å². The van der Waals surface area contributed by atoms with Gasteiger partial charge in [-0.05, 0) is 55.0 Å². The first kappa shape index (κ1) is 14.5. The molecule has 110 valence electrons. The van der Waals surface area contributed by atoms with Crippen LogP contribution in [-0.4, -0.2) is 11.0 Å². The van der Waals surface area contributed by atoms with Crippen molar-refractivity contribution in [1.82, 2.24) is 4.98 Å². The van der Waals surface area contributed by atoms with Crippen molar-refractivity contribution < 1.29 is 4.39 Å². The number of nitrogens with two attached hydrogens (primary N) is 1. The summed E-state index contributed by atoms with van der Waals surface area (Å²) in [6.45, 7) is 0. The van der Waals surface area contributed by atoms with Crippen molar-refractivity contribution >= 4 is 11.6 Å². The molecule has 1 aliphatic carbocycles. The van der Waals surface area contributed by atoms with E-state index in [4.69, 9.17) is 17.3 Å². The Morgan fingerprint density at radius 1 is 1.38 bits per heavy atom. The minimum Gasteiger partial charge on any atom is -0.327 e. The third kappa shape index (κ3) is 3.09. The van der Waals surface area contributed by atoms with Crippen LogP contribution >= 0.6 is 11.6 Å². The zero-order chi connectivity index (χ0) is 14.8. The second-order valence-corrected chi connectivity index (χ2v) is 6.06. The van der Waals surface area contributed by atoms with E-state index in [2.05, 4.69) is 11.1 Å². The molecular formula is C17H18ClFN2. The van der Waals surface area contributed by atoms with Crippen LogP contribution in [0.25, 0.3) is 0 Å². The Morgan fingerprint density at radius 2 is 2.24 bits per heavy atom. The monoisotopic (exact) mass is 304 g/mol. The number of aromatic nitrogens is 1. The van der Waals surface area contributed by atoms with Gasteiger partial charge in [0, 0.05) is 28.9 Å². The van der Waals surface area contributed by atoms with Crippen LogP contribution in [-0.2, 0) is 12.8 Å². The lowest BCUT2D eigenvalue weighted by atomic mass is 9.80. The molecule has 1 aromatic heterocycles. The summed E-state index contributed by atoms with van der Waals surface area (Å²) in [6.07, 6.45) is 5.72. The van der Waals surface area contributed by atoms with E-state index in [1.165, 1.54) is 17.7 Å². The predicted molar refractivity (Wildman–Crippen MR) is 83.0 cm³/mol. The van der Waals surface area contributed by atoms with E-state index in [9.17, 15) is 4.39 Å². The average molecular weight is 305 g/mol. The highest BCUT2D eigenvalue weighted by molar-refractivity contribution is 6.31. The normalized spacial score (nSPS) is 19.1. The van der Waals surface area contributed by atoms with Gasteiger partial charge in [-0.1, -0.05) is 23.7 Å². The van der Waals surface area contributed by atoms with Crippen LogP contribution < -0.4 is 5.73 Å². The molecular weight excluding hydrogens is 287 g/mol. The summed E-state index contributed by atoms with van der Waals surface area (Å²) in [5.41, 5.74) is 9.73. The molecule has 0 aliphatic heterocycles. The Morgan fingerprint density at radius 3 is 3.05 bits per heavy atom. The highest BCUT2D eigenvalue weighted by Crippen LogP contribution is 2.33. The molecule has 1 aliphatic rings. The molecule has 0 amide bonds. The quantitative estimate of drug-likeness (QED) is 0.935. The van der Waals surface area contributed by atoms with E-state index < -0.39 is 0 Å². The topological polar surface area (TPSA) is 38.9 Å². The molecule has 1 aromatic carbocycles. The first-order valence-corrected chi connectivity index (χ1v) is 7.66. The lowest BCUT2D eigenvalue weighted by Crippen LogP contribution is -2.33. The number of rotatable bonds is 3. The fourth-order valence-corrected chi connectivity index (χ4v) is 3.39. The van der Waals surface area contributed by atoms with Crippen molar-refractivity contribution in [2.24, 2.45) is 5.73 Å². The van der Waals surface area contributed by atoms with E-state index in [0.29, 0.717) is 11.4 Å². The molecule has 2 atom stereocenters. The van der Waals surface area contributed by atoms with Crippen LogP contribution in [0, 0.1) is 5.82 Å². The second kappa shape index (κ2) is 6.12. The first-order chi connectivity index (χ1) is 10.1. The lowest BCUT2D eigenvalue weighted by molar-refractivity contribution is 0.449. The molecule has 0 fully saturated rings. The number of halogens is 2. The van der Waals surface area contributed by atoms with Crippen LogP contribution in [0.1, 0.15) is 35.6 Å². The molecule has 1 heterocycles. The fraction of sp³-hybridized carbons (Fsp3) is 0.353. The van der Waals surface area contributed by atoms with E-state index in [-0.39, 0.29) is 17.8 Å². The summed E-state index contributed by atoms with van der Waals surface area (Å²) >= 11 is 6.10. The number of aryl methyl sites for hydroxylation is 1. The van der Waals surface area contributed by atoms with Crippen molar-refractivity contribution in [2.75, 3.05) is 0 Å². The minimum absolute atomic E-state index is 0.0538. The summed E-state index contributed by atoms with van der Waals surface area (Å²) < 4.78 is 13.1. The third-order valence-corrected chi connectivity index (χ3v) is 4.58. The summed E-state index contributed by atoms with van der Waals surface area (Å²) in [5.74, 6) is -0.0712. The van der Waals surface area contributed by atoms with Crippen LogP contribution in [0.2, 0.25) is 5.02 Å². The van der Waals surface area contributed by atoms with Crippen LogP contribution in [0.3, 0.4) is 0 Å². The molecule has 4 heteroatoms. The average Bonchev–Trinajstić information content (AvgIpc) is 2.49. The highest BCUT2D eigenvalue weighted by Gasteiger charge is 2.27. The molecule has 0 radical (unpaired) electrons. The highest BCUT2D eigenvalue weighted by atomic mass is 35.5. The van der Waals surface area contributed by atoms with Gasteiger partial charge in [-0.3, -0.25) is 4.98 Å². The molecule has 0 saturated heterocycles. The number of pyridine rings is 1. The minimum atomic E-state index is -0.318. The maximum absolute atomic E-state index is 13.1. The molecule has 21 heavy (non-hydrogen) atoms. The zero-order valence-electron chi connectivity index (χ0n) is 11.7. The number of hydrogen-bond acceptors (Lipinski definition) is 2. The number of fused-ring (bicyclic) bond motifs is 1. The van der Waals surface area contributed by atoms with E-state index in [1.54, 1.807) is 6.07 Å². The molecule has 0 bridgehead atoms. The molecule has 2 unspecified atom stereocenters. The van der Waals surface area contributed by atoms with E-state index in [1.807, 2.05) is 12.3 Å². The summed E-state index contributed by atoms with van der Waals surface area (Å²) in [4.78, 5) is 4.53. The Hall–Kier alpha value is -1.45. The van der Waals surface area contributed by atoms with Gasteiger partial charge in [0.1, 0.15) is 5.82 Å². The number of hydrogen-bond donors (Lipinski definition) is 1. The molecule has 2 nitrogen and oxygen atoms in total. The van der Waals surface area contributed by atoms with E-state index in [0.717, 1.165) is 30.5 Å². The maximum Gasteiger partial charge on any atom is 0.124 e. The van der Waals surface area contributed by atoms with Crippen LogP contribution in [0.5, 0.6) is 0 Å². The predicted octanol–water partition coefficient (Wildman–Crippen LogP) is 3.86. The van der Waals surface area contributed by atoms with Gasteiger partial charge in [0.2, 0.25) is 0 Å². The standard InChI is InChI=1S/C17H18ClFN2/c18-15-10-13(19)7-6-12(15)9-16(20)14-5-1-3-11-4-2-8-21-17(11)14/h2,4,6-8,10,14,16H,1,3,5,9,20H2. The molecule has 2 aromatic rings. The van der Waals surface area contributed by atoms with Crippen LogP contribution in [0.15, 0.2) is 36.5 Å². The van der Waals surface area contributed by atoms with Crippen molar-refractivity contribution in [1.29, 1.82) is 0 Å². The Balaban J connectivity index is 1.81. The SMILES string of the molecule is NC(Cc1ccc(F)cc1Cl)C1CCCc2cccnc21. The Kier molecular flexibility index (Phi) is 4.22. The maximum atomic E-state index is 13.1. The number of benzene rings is 1. The largest absolute Gasteiger partial charge is 0.327 e. The van der Waals surface area contributed by atoms with Gasteiger partial charge in [-0.2, -0.15) is 0 Å². The molecule has 2 N–H and O–H groups in total. The van der Waals surface area contributed by atoms with Gasteiger partial charge >= 0.3 is 0 Å². The van der Waals surface area contributed by atoms with Gasteiger partial charge in [-0.25, -0.2) is 4.39 Å². The van der Waals surface area contributed by atoms with Crippen molar-refractivity contribution in [2.45, 2.75) is 37.6 Å². The Bertz CT molecular complexity index is 644. The summed E-state index contributed by atoms with van der Waals surface area (Å²) in [5, 5.41) is 0.447. The first-order valence-electron chi connectivity index (χ1n) is 7.28. The zero-order valence-corrected chi connectivity index (χ0v) is 12.5. The van der Waals surface area contributed by atoms with Crippen molar-refractivity contribution in [3.05, 3.63) is 64.2 Å². The van der Waals surface area contributed by atoms with Crippen molar-refractivity contribution in [3.63, 3.8) is 0 Å². The van der Waals surface area contributed by atoms with Gasteiger partial charge in [0.05, 0.1) is 0 Å². The molecule has 3 rings (SSSR count). The summed E-state index contributed by atoms with van der Waals surface area (Å²) in [6, 6.07) is 8.55. The third-order valence-electron chi connectivity index (χ3n) is 4.23. The fourth-order valence-electron chi connectivity index (χ4n) is 3.15. The van der Waals surface area contributed by atoms with Crippen LogP contribution in [0.4, 0.5) is 4.39 Å².